The summed E-state index contributed by atoms with van der Waals surface area (Å²) in [5.41, 5.74) is 2.50. The zero-order valence-electron chi connectivity index (χ0n) is 15.5. The van der Waals surface area contributed by atoms with Crippen LogP contribution in [0, 0.1) is 11.3 Å². The minimum atomic E-state index is -0.436. The van der Waals surface area contributed by atoms with Gasteiger partial charge in [0.15, 0.2) is 5.78 Å². The molecule has 0 bridgehead atoms. The normalized spacial score (nSPS) is 12.6. The highest BCUT2D eigenvalue weighted by atomic mass is 79.9. The fourth-order valence-electron chi connectivity index (χ4n) is 3.29. The molecule has 0 N–H and O–H groups in total. The molecule has 3 aromatic rings. The first-order chi connectivity index (χ1) is 13.6. The van der Waals surface area contributed by atoms with Crippen molar-refractivity contribution in [3.8, 4) is 11.8 Å². The third-order valence-electron chi connectivity index (χ3n) is 4.82. The number of hydrogen-bond acceptors (Lipinski definition) is 3. The Kier molecular flexibility index (Phi) is 6.62. The van der Waals surface area contributed by atoms with E-state index in [-0.39, 0.29) is 18.1 Å². The summed E-state index contributed by atoms with van der Waals surface area (Å²) in [5, 5.41) is 9.97. The molecule has 0 fully saturated rings. The fourth-order valence-corrected chi connectivity index (χ4v) is 3.55. The summed E-state index contributed by atoms with van der Waals surface area (Å²) in [7, 11) is 1.62. The molecule has 0 aromatic heterocycles. The van der Waals surface area contributed by atoms with Gasteiger partial charge in [-0.05, 0) is 35.4 Å². The van der Waals surface area contributed by atoms with Gasteiger partial charge in [0.25, 0.3) is 0 Å². The van der Waals surface area contributed by atoms with Gasteiger partial charge in [-0.1, -0.05) is 70.5 Å². The number of nitriles is 1. The van der Waals surface area contributed by atoms with Crippen molar-refractivity contribution in [1.82, 2.24) is 0 Å². The van der Waals surface area contributed by atoms with Crippen molar-refractivity contribution in [2.24, 2.45) is 0 Å². The summed E-state index contributed by atoms with van der Waals surface area (Å²) < 4.78 is 6.20. The number of nitrogens with zero attached hydrogens (tertiary/aromatic N) is 1. The van der Waals surface area contributed by atoms with Crippen molar-refractivity contribution >= 4 is 21.7 Å². The molecule has 140 valence electrons. The van der Waals surface area contributed by atoms with Gasteiger partial charge in [0.2, 0.25) is 0 Å². The Morgan fingerprint density at radius 2 is 1.57 bits per heavy atom. The summed E-state index contributed by atoms with van der Waals surface area (Å²) >= 11 is 3.43. The van der Waals surface area contributed by atoms with Crippen LogP contribution in [-0.4, -0.2) is 12.9 Å². The van der Waals surface area contributed by atoms with Gasteiger partial charge in [-0.25, -0.2) is 0 Å². The molecule has 0 unspecified atom stereocenters. The average Bonchev–Trinajstić information content (AvgIpc) is 2.75. The van der Waals surface area contributed by atoms with Crippen molar-refractivity contribution in [3.05, 3.63) is 100 Å². The fraction of sp³-hybridized carbons (Fsp3) is 0.167. The number of ketones is 1. The second kappa shape index (κ2) is 9.34. The molecule has 0 aliphatic rings. The van der Waals surface area contributed by atoms with E-state index in [4.69, 9.17) is 4.74 Å². The maximum absolute atomic E-state index is 12.9. The number of carbonyl (C=O) groups is 1. The van der Waals surface area contributed by atoms with E-state index in [0.717, 1.165) is 21.3 Å². The van der Waals surface area contributed by atoms with Gasteiger partial charge in [-0.2, -0.15) is 5.26 Å². The lowest BCUT2D eigenvalue weighted by Crippen LogP contribution is -2.15. The standard InChI is InChI=1S/C24H20BrNO2/c1-28-21-13-9-17(10-14-21)22(15-24(27)19-5-3-2-4-6-19)23(16-26)18-7-11-20(25)12-8-18/h2-14,22-23H,15H2,1H3/t22-,23-/m1/s1. The molecule has 4 heteroatoms. The van der Waals surface area contributed by atoms with E-state index in [1.165, 1.54) is 0 Å². The molecule has 0 amide bonds. The minimum Gasteiger partial charge on any atom is -0.497 e. The second-order valence-corrected chi connectivity index (χ2v) is 7.45. The van der Waals surface area contributed by atoms with Crippen molar-refractivity contribution < 1.29 is 9.53 Å². The van der Waals surface area contributed by atoms with Crippen molar-refractivity contribution in [1.29, 1.82) is 5.26 Å². The molecular weight excluding hydrogens is 414 g/mol. The van der Waals surface area contributed by atoms with E-state index in [1.54, 1.807) is 7.11 Å². The number of halogens is 1. The number of methoxy groups -OCH3 is 1. The van der Waals surface area contributed by atoms with Crippen molar-refractivity contribution in [3.63, 3.8) is 0 Å². The molecule has 0 heterocycles. The molecule has 3 nitrogen and oxygen atoms in total. The molecule has 0 saturated carbocycles. The average molecular weight is 434 g/mol. The molecule has 0 aliphatic heterocycles. The zero-order valence-corrected chi connectivity index (χ0v) is 17.1. The molecular formula is C24H20BrNO2. The van der Waals surface area contributed by atoms with Crippen LogP contribution in [0.3, 0.4) is 0 Å². The van der Waals surface area contributed by atoms with Gasteiger partial charge < -0.3 is 4.74 Å². The lowest BCUT2D eigenvalue weighted by atomic mass is 9.78. The van der Waals surface area contributed by atoms with Gasteiger partial charge in [0.1, 0.15) is 5.75 Å². The Morgan fingerprint density at radius 3 is 2.14 bits per heavy atom. The monoisotopic (exact) mass is 433 g/mol. The molecule has 28 heavy (non-hydrogen) atoms. The van der Waals surface area contributed by atoms with Crippen molar-refractivity contribution in [2.75, 3.05) is 7.11 Å². The summed E-state index contributed by atoms with van der Waals surface area (Å²) in [6.45, 7) is 0. The van der Waals surface area contributed by atoms with E-state index in [1.807, 2.05) is 78.9 Å². The number of hydrogen-bond donors (Lipinski definition) is 0. The molecule has 0 spiro atoms. The maximum atomic E-state index is 12.9. The Labute approximate surface area is 173 Å². The van der Waals surface area contributed by atoms with Crippen LogP contribution < -0.4 is 4.74 Å². The summed E-state index contributed by atoms with van der Waals surface area (Å²) in [4.78, 5) is 12.9. The zero-order chi connectivity index (χ0) is 19.9. The number of ether oxygens (including phenoxy) is 1. The van der Waals surface area contributed by atoms with E-state index in [2.05, 4.69) is 22.0 Å². The number of benzene rings is 3. The minimum absolute atomic E-state index is 0.0266. The van der Waals surface area contributed by atoms with Crippen LogP contribution in [0.15, 0.2) is 83.3 Å². The highest BCUT2D eigenvalue weighted by molar-refractivity contribution is 9.10. The van der Waals surface area contributed by atoms with Crippen LogP contribution in [-0.2, 0) is 0 Å². The van der Waals surface area contributed by atoms with Gasteiger partial charge in [-0.15, -0.1) is 0 Å². The predicted molar refractivity (Wildman–Crippen MR) is 114 cm³/mol. The molecule has 0 radical (unpaired) electrons. The first kappa shape index (κ1) is 19.9. The smallest absolute Gasteiger partial charge is 0.163 e. The Hall–Kier alpha value is -2.90. The van der Waals surface area contributed by atoms with Gasteiger partial charge in [0, 0.05) is 22.4 Å². The van der Waals surface area contributed by atoms with Crippen LogP contribution in [0.2, 0.25) is 0 Å². The molecule has 2 atom stereocenters. The van der Waals surface area contributed by atoms with Gasteiger partial charge >= 0.3 is 0 Å². The van der Waals surface area contributed by atoms with E-state index in [9.17, 15) is 10.1 Å². The summed E-state index contributed by atoms with van der Waals surface area (Å²) in [6, 6.07) is 27.0. The van der Waals surface area contributed by atoms with E-state index < -0.39 is 5.92 Å². The number of carbonyl (C=O) groups excluding carboxylic acids is 1. The van der Waals surface area contributed by atoms with Crippen LogP contribution >= 0.6 is 15.9 Å². The highest BCUT2D eigenvalue weighted by Gasteiger charge is 2.27. The lowest BCUT2D eigenvalue weighted by Gasteiger charge is -2.23. The summed E-state index contributed by atoms with van der Waals surface area (Å²) in [6.07, 6.45) is 0.255. The highest BCUT2D eigenvalue weighted by Crippen LogP contribution is 2.37. The quantitative estimate of drug-likeness (QED) is 0.421. The second-order valence-electron chi connectivity index (χ2n) is 6.53. The van der Waals surface area contributed by atoms with Crippen LogP contribution in [0.25, 0.3) is 0 Å². The van der Waals surface area contributed by atoms with E-state index >= 15 is 0 Å². The van der Waals surface area contributed by atoms with Crippen LogP contribution in [0.1, 0.15) is 39.7 Å². The maximum Gasteiger partial charge on any atom is 0.163 e. The molecule has 0 saturated heterocycles. The largest absolute Gasteiger partial charge is 0.497 e. The number of rotatable bonds is 7. The first-order valence-corrected chi connectivity index (χ1v) is 9.79. The predicted octanol–water partition coefficient (Wildman–Crippen LogP) is 6.12. The third-order valence-corrected chi connectivity index (χ3v) is 5.34. The van der Waals surface area contributed by atoms with Crippen LogP contribution in [0.4, 0.5) is 0 Å². The topological polar surface area (TPSA) is 50.1 Å². The first-order valence-electron chi connectivity index (χ1n) is 8.99. The van der Waals surface area contributed by atoms with Crippen molar-refractivity contribution in [2.45, 2.75) is 18.3 Å². The SMILES string of the molecule is COc1ccc([C@@H](CC(=O)c2ccccc2)[C@H](C#N)c2ccc(Br)cc2)cc1. The van der Waals surface area contributed by atoms with Gasteiger partial charge in [-0.3, -0.25) is 4.79 Å². The third kappa shape index (κ3) is 4.68. The Morgan fingerprint density at radius 1 is 0.964 bits per heavy atom. The molecule has 0 aliphatic carbocycles. The van der Waals surface area contributed by atoms with Gasteiger partial charge in [0.05, 0.1) is 19.1 Å². The van der Waals surface area contributed by atoms with Crippen LogP contribution in [0.5, 0.6) is 5.75 Å². The Balaban J connectivity index is 1.98. The lowest BCUT2D eigenvalue weighted by molar-refractivity contribution is 0.0972. The number of Topliss-reactive ketones (excluding diaryl/α,β-unsaturated/α-hetero) is 1. The molecule has 3 aromatic carbocycles. The Bertz CT molecular complexity index is 960. The molecule has 3 rings (SSSR count). The summed E-state index contributed by atoms with van der Waals surface area (Å²) in [5.74, 6) is 0.0757. The van der Waals surface area contributed by atoms with E-state index in [0.29, 0.717) is 5.56 Å².